The molecule has 0 saturated carbocycles. The summed E-state index contributed by atoms with van der Waals surface area (Å²) in [7, 11) is 0. The van der Waals surface area contributed by atoms with E-state index < -0.39 is 11.9 Å². The van der Waals surface area contributed by atoms with E-state index in [4.69, 9.17) is 9.47 Å². The number of benzene rings is 1. The van der Waals surface area contributed by atoms with Gasteiger partial charge in [-0.25, -0.2) is 9.59 Å². The smallest absolute Gasteiger partial charge is 0.338 e. The summed E-state index contributed by atoms with van der Waals surface area (Å²) in [4.78, 5) is 34.8. The monoisotopic (exact) mass is 306 g/mol. The minimum Gasteiger partial charge on any atom is -0.462 e. The van der Waals surface area contributed by atoms with Gasteiger partial charge in [0.25, 0.3) is 0 Å². The van der Waals surface area contributed by atoms with E-state index in [0.29, 0.717) is 19.5 Å². The molecule has 0 fully saturated rings. The first-order valence-electron chi connectivity index (χ1n) is 7.56. The molecule has 1 aromatic rings. The van der Waals surface area contributed by atoms with Crippen molar-refractivity contribution in [3.05, 3.63) is 34.9 Å². The molecule has 5 nitrogen and oxygen atoms in total. The van der Waals surface area contributed by atoms with E-state index in [2.05, 4.69) is 0 Å². The van der Waals surface area contributed by atoms with E-state index in [1.54, 1.807) is 0 Å². The molecule has 0 spiro atoms. The molecule has 0 N–H and O–H groups in total. The van der Waals surface area contributed by atoms with Crippen molar-refractivity contribution in [2.24, 2.45) is 0 Å². The Bertz CT molecular complexity index is 482. The van der Waals surface area contributed by atoms with Crippen LogP contribution in [0.5, 0.6) is 0 Å². The van der Waals surface area contributed by atoms with Crippen LogP contribution in [-0.4, -0.2) is 31.4 Å². The summed E-state index contributed by atoms with van der Waals surface area (Å²) < 4.78 is 10.2. The Morgan fingerprint density at radius 2 is 1.36 bits per heavy atom. The van der Waals surface area contributed by atoms with Crippen LogP contribution in [0, 0.1) is 0 Å². The maximum absolute atomic E-state index is 11.9. The van der Waals surface area contributed by atoms with Crippen LogP contribution < -0.4 is 0 Å². The summed E-state index contributed by atoms with van der Waals surface area (Å²) >= 11 is 0. The molecule has 1 rings (SSSR count). The fourth-order valence-electron chi connectivity index (χ4n) is 1.74. The summed E-state index contributed by atoms with van der Waals surface area (Å²) in [5.74, 6) is -1.08. The first kappa shape index (κ1) is 17.9. The number of aldehydes is 1. The van der Waals surface area contributed by atoms with Gasteiger partial charge in [-0.05, 0) is 31.0 Å². The van der Waals surface area contributed by atoms with Crippen LogP contribution in [0.4, 0.5) is 0 Å². The second-order valence-electron chi connectivity index (χ2n) is 4.94. The van der Waals surface area contributed by atoms with Crippen molar-refractivity contribution in [2.75, 3.05) is 13.2 Å². The zero-order valence-corrected chi connectivity index (χ0v) is 13.1. The van der Waals surface area contributed by atoms with E-state index in [-0.39, 0.29) is 16.7 Å². The number of rotatable bonds is 9. The Kier molecular flexibility index (Phi) is 7.89. The predicted molar refractivity (Wildman–Crippen MR) is 82.2 cm³/mol. The largest absolute Gasteiger partial charge is 0.462 e. The summed E-state index contributed by atoms with van der Waals surface area (Å²) in [6, 6.07) is 4.21. The van der Waals surface area contributed by atoms with Gasteiger partial charge in [0.15, 0.2) is 0 Å². The van der Waals surface area contributed by atoms with Gasteiger partial charge in [-0.3, -0.25) is 4.79 Å². The quantitative estimate of drug-likeness (QED) is 0.397. The Morgan fingerprint density at radius 3 is 1.73 bits per heavy atom. The van der Waals surface area contributed by atoms with Gasteiger partial charge in [0.2, 0.25) is 0 Å². The molecule has 0 amide bonds. The highest BCUT2D eigenvalue weighted by molar-refractivity contribution is 5.97. The van der Waals surface area contributed by atoms with Crippen LogP contribution in [-0.2, 0) is 9.47 Å². The standard InChI is InChI=1S/C17H22O5/c1-3-5-7-21-16(19)14-9-13(12-18)10-15(11-14)17(20)22-8-6-4-2/h9-12H,3-8H2,1-2H3. The molecular formula is C17H22O5. The van der Waals surface area contributed by atoms with Gasteiger partial charge in [0.05, 0.1) is 24.3 Å². The number of carbonyl (C=O) groups is 3. The van der Waals surface area contributed by atoms with Crippen molar-refractivity contribution in [2.45, 2.75) is 39.5 Å². The van der Waals surface area contributed by atoms with E-state index in [9.17, 15) is 14.4 Å². The van der Waals surface area contributed by atoms with Crippen LogP contribution >= 0.6 is 0 Å². The van der Waals surface area contributed by atoms with Gasteiger partial charge in [0.1, 0.15) is 6.29 Å². The molecule has 0 bridgehead atoms. The third-order valence-corrected chi connectivity index (χ3v) is 3.02. The van der Waals surface area contributed by atoms with Crippen LogP contribution in [0.15, 0.2) is 18.2 Å². The summed E-state index contributed by atoms with van der Waals surface area (Å²) in [5, 5.41) is 0. The molecule has 0 heterocycles. The minimum absolute atomic E-state index is 0.183. The van der Waals surface area contributed by atoms with Crippen molar-refractivity contribution in [1.82, 2.24) is 0 Å². The van der Waals surface area contributed by atoms with E-state index in [0.717, 1.165) is 25.7 Å². The molecule has 0 saturated heterocycles. The number of carbonyl (C=O) groups excluding carboxylic acids is 3. The van der Waals surface area contributed by atoms with Gasteiger partial charge in [-0.15, -0.1) is 0 Å². The van der Waals surface area contributed by atoms with Crippen LogP contribution in [0.25, 0.3) is 0 Å². The molecule has 5 heteroatoms. The topological polar surface area (TPSA) is 69.7 Å². The van der Waals surface area contributed by atoms with Gasteiger partial charge in [0, 0.05) is 5.56 Å². The molecule has 0 aliphatic heterocycles. The Labute approximate surface area is 130 Å². The third kappa shape index (κ3) is 5.68. The molecule has 0 atom stereocenters. The van der Waals surface area contributed by atoms with Crippen molar-refractivity contribution < 1.29 is 23.9 Å². The predicted octanol–water partition coefficient (Wildman–Crippen LogP) is 3.41. The molecule has 0 aliphatic rings. The minimum atomic E-state index is -0.542. The lowest BCUT2D eigenvalue weighted by molar-refractivity contribution is 0.0498. The van der Waals surface area contributed by atoms with Gasteiger partial charge in [-0.2, -0.15) is 0 Å². The van der Waals surface area contributed by atoms with Crippen LogP contribution in [0.1, 0.15) is 70.6 Å². The lowest BCUT2D eigenvalue weighted by Crippen LogP contribution is -2.11. The molecule has 0 radical (unpaired) electrons. The average Bonchev–Trinajstić information content (AvgIpc) is 2.54. The van der Waals surface area contributed by atoms with E-state index in [1.807, 2.05) is 13.8 Å². The fourth-order valence-corrected chi connectivity index (χ4v) is 1.74. The number of esters is 2. The zero-order valence-electron chi connectivity index (χ0n) is 13.1. The normalized spacial score (nSPS) is 10.1. The molecule has 1 aromatic carbocycles. The fraction of sp³-hybridized carbons (Fsp3) is 0.471. The summed E-state index contributed by atoms with van der Waals surface area (Å²) in [6.45, 7) is 4.62. The van der Waals surface area contributed by atoms with Gasteiger partial charge < -0.3 is 9.47 Å². The zero-order chi connectivity index (χ0) is 16.4. The highest BCUT2D eigenvalue weighted by atomic mass is 16.5. The molecule has 120 valence electrons. The lowest BCUT2D eigenvalue weighted by atomic mass is 10.1. The highest BCUT2D eigenvalue weighted by Gasteiger charge is 2.15. The molecule has 0 aliphatic carbocycles. The lowest BCUT2D eigenvalue weighted by Gasteiger charge is -2.08. The average molecular weight is 306 g/mol. The third-order valence-electron chi connectivity index (χ3n) is 3.02. The second kappa shape index (κ2) is 9.71. The molecule has 0 unspecified atom stereocenters. The van der Waals surface area contributed by atoms with E-state index >= 15 is 0 Å². The highest BCUT2D eigenvalue weighted by Crippen LogP contribution is 2.12. The first-order valence-corrected chi connectivity index (χ1v) is 7.56. The summed E-state index contributed by atoms with van der Waals surface area (Å²) in [6.07, 6.45) is 3.95. The molecule has 22 heavy (non-hydrogen) atoms. The number of unbranched alkanes of at least 4 members (excludes halogenated alkanes) is 2. The first-order chi connectivity index (χ1) is 10.6. The Balaban J connectivity index is 2.85. The Hall–Kier alpha value is -2.17. The molecular weight excluding hydrogens is 284 g/mol. The summed E-state index contributed by atoms with van der Waals surface area (Å²) in [5.41, 5.74) is 0.610. The van der Waals surface area contributed by atoms with Crippen molar-refractivity contribution in [3.63, 3.8) is 0 Å². The van der Waals surface area contributed by atoms with Crippen molar-refractivity contribution >= 4 is 18.2 Å². The van der Waals surface area contributed by atoms with E-state index in [1.165, 1.54) is 18.2 Å². The molecule has 0 aromatic heterocycles. The maximum atomic E-state index is 11.9. The number of hydrogen-bond donors (Lipinski definition) is 0. The second-order valence-corrected chi connectivity index (χ2v) is 4.94. The van der Waals surface area contributed by atoms with Crippen LogP contribution in [0.2, 0.25) is 0 Å². The Morgan fingerprint density at radius 1 is 0.909 bits per heavy atom. The van der Waals surface area contributed by atoms with Crippen molar-refractivity contribution in [3.8, 4) is 0 Å². The van der Waals surface area contributed by atoms with Crippen LogP contribution in [0.3, 0.4) is 0 Å². The number of ether oxygens (including phenoxy) is 2. The van der Waals surface area contributed by atoms with Crippen molar-refractivity contribution in [1.29, 1.82) is 0 Å². The van der Waals surface area contributed by atoms with Gasteiger partial charge in [-0.1, -0.05) is 26.7 Å². The maximum Gasteiger partial charge on any atom is 0.338 e. The SMILES string of the molecule is CCCCOC(=O)c1cc(C=O)cc(C(=O)OCCCC)c1. The number of hydrogen-bond acceptors (Lipinski definition) is 5. The van der Waals surface area contributed by atoms with Gasteiger partial charge >= 0.3 is 11.9 Å².